The van der Waals surface area contributed by atoms with Crippen LogP contribution in [0.1, 0.15) is 272 Å². The van der Waals surface area contributed by atoms with Crippen LogP contribution in [0.25, 0.3) is 0 Å². The van der Waals surface area contributed by atoms with E-state index in [2.05, 4.69) is 149 Å². The van der Waals surface area contributed by atoms with Gasteiger partial charge < -0.3 is 33.8 Å². The number of rotatable bonds is 68. The molecule has 3 N–H and O–H groups in total. The number of aliphatic hydroxyl groups is 1. The molecule has 0 heterocycles. The van der Waals surface area contributed by atoms with Gasteiger partial charge in [0, 0.05) is 19.3 Å². The Bertz CT molecular complexity index is 2430. The fourth-order valence-corrected chi connectivity index (χ4v) is 10.8. The predicted molar refractivity (Wildman–Crippen MR) is 399 cm³/mol. The van der Waals surface area contributed by atoms with Crippen molar-refractivity contribution in [3.63, 3.8) is 0 Å². The fraction of sp³-hybridized carbons (Fsp3) is 0.646. The Hall–Kier alpha value is -5.06. The van der Waals surface area contributed by atoms with Crippen LogP contribution in [0.5, 0.6) is 0 Å². The molecule has 0 fully saturated rings. The zero-order valence-corrected chi connectivity index (χ0v) is 62.4. The number of unbranched alkanes of at least 4 members (excludes halogenated alkanes) is 19. The average molecular weight is 1410 g/mol. The summed E-state index contributed by atoms with van der Waals surface area (Å²) in [6, 6.07) is 0. The first kappa shape index (κ1) is 92.9. The van der Waals surface area contributed by atoms with Crippen LogP contribution < -0.4 is 0 Å². The summed E-state index contributed by atoms with van der Waals surface area (Å²) < 4.78 is 68.2. The van der Waals surface area contributed by atoms with E-state index in [0.717, 1.165) is 193 Å². The lowest BCUT2D eigenvalue weighted by atomic mass is 10.1. The van der Waals surface area contributed by atoms with Crippen molar-refractivity contribution in [2.45, 2.75) is 290 Å². The van der Waals surface area contributed by atoms with Crippen molar-refractivity contribution in [3.8, 4) is 0 Å². The lowest BCUT2D eigenvalue weighted by molar-refractivity contribution is -0.161. The zero-order chi connectivity index (χ0) is 71.8. The molecular formula is C79H130O17P2. The van der Waals surface area contributed by atoms with E-state index in [9.17, 15) is 43.2 Å². The number of hydrogen-bond donors (Lipinski definition) is 3. The Morgan fingerprint density at radius 3 is 0.908 bits per heavy atom. The molecule has 0 aromatic carbocycles. The van der Waals surface area contributed by atoms with Gasteiger partial charge in [-0.15, -0.1) is 0 Å². The van der Waals surface area contributed by atoms with Gasteiger partial charge >= 0.3 is 39.5 Å². The summed E-state index contributed by atoms with van der Waals surface area (Å²) in [4.78, 5) is 72.7. The molecule has 0 bridgehead atoms. The SMILES string of the molecule is CC/C=C\C/C=C\C/C=C\C/C=C\C/C=C\CC(=O)OCC(COP(=O)(O)OCC(O)COP(=O)(O)OCC(COC(=O)CCCCCCCCC/C=C\C/C=C\C/C=C\CC)OC(=O)CCCCCCC/C=C\C/C=C\CCC)OC(=O)CCCCCCC/C=C\C/C=C\CCC. The van der Waals surface area contributed by atoms with Gasteiger partial charge in [0.25, 0.3) is 0 Å². The summed E-state index contributed by atoms with van der Waals surface area (Å²) in [7, 11) is -9.99. The van der Waals surface area contributed by atoms with Crippen LogP contribution in [0.15, 0.2) is 146 Å². The first-order valence-electron chi connectivity index (χ1n) is 37.1. The van der Waals surface area contributed by atoms with Crippen molar-refractivity contribution < 1.29 is 80.2 Å². The maximum atomic E-state index is 13.1. The van der Waals surface area contributed by atoms with Gasteiger partial charge in [-0.05, 0) is 135 Å². The van der Waals surface area contributed by atoms with Crippen LogP contribution in [0, 0.1) is 0 Å². The summed E-state index contributed by atoms with van der Waals surface area (Å²) in [5.41, 5.74) is 0. The topological polar surface area (TPSA) is 237 Å². The molecule has 0 spiro atoms. The number of phosphoric ester groups is 2. The van der Waals surface area contributed by atoms with Gasteiger partial charge in [-0.3, -0.25) is 37.3 Å². The molecule has 0 aromatic heterocycles. The van der Waals surface area contributed by atoms with E-state index >= 15 is 0 Å². The quantitative estimate of drug-likeness (QED) is 0.0169. The first-order chi connectivity index (χ1) is 47.7. The summed E-state index contributed by atoms with van der Waals surface area (Å²) in [6.07, 6.45) is 78.8. The molecule has 98 heavy (non-hydrogen) atoms. The van der Waals surface area contributed by atoms with Crippen molar-refractivity contribution in [1.29, 1.82) is 0 Å². The monoisotopic (exact) mass is 1410 g/mol. The number of ether oxygens (including phenoxy) is 4. The standard InChI is InChI=1S/C79H130O17P2/c1-5-9-13-17-21-25-29-33-35-36-38-42-44-48-52-56-60-64-77(82)90-70-75(96-79(84)66-62-58-54-50-46-40-32-28-24-20-16-12-8-4)72-94-98(87,88)92-68-73(80)67-91-97(85,86)93-71-74(95-78(83)65-61-57-53-49-45-39-31-27-23-19-15-11-7-3)69-89-76(81)63-59-55-51-47-43-41-37-34-30-26-22-18-14-10-6-2/h9-10,13-16,19-22,25-28,31-35,37,43,47,55,59,73-75,80H,5-8,11-12,17-18,23-24,29-30,36,38-42,44-46,48-54,56-58,60-72H2,1-4H3,(H,85,86)(H,87,88)/b13-9-,14-10-,19-15-,20-16-,25-21-,26-22-,31-27-,32-28-,35-33-,37-34-,47-43-,59-55-. The molecule has 0 aromatic rings. The Kier molecular flexibility index (Phi) is 66.7. The average Bonchev–Trinajstić information content (AvgIpc) is 0.971. The second kappa shape index (κ2) is 70.4. The van der Waals surface area contributed by atoms with Crippen molar-refractivity contribution in [3.05, 3.63) is 146 Å². The molecule has 17 nitrogen and oxygen atoms in total. The van der Waals surface area contributed by atoms with Gasteiger partial charge in [0.05, 0.1) is 32.8 Å². The fourth-order valence-electron chi connectivity index (χ4n) is 9.21. The zero-order valence-electron chi connectivity index (χ0n) is 60.7. The number of esters is 4. The maximum Gasteiger partial charge on any atom is 0.472 e. The van der Waals surface area contributed by atoms with E-state index in [-0.39, 0.29) is 25.7 Å². The predicted octanol–water partition coefficient (Wildman–Crippen LogP) is 21.1. The highest BCUT2D eigenvalue weighted by atomic mass is 31.2. The van der Waals surface area contributed by atoms with E-state index in [4.69, 9.17) is 37.0 Å². The number of aliphatic hydroxyl groups excluding tert-OH is 1. The maximum absolute atomic E-state index is 13.1. The highest BCUT2D eigenvalue weighted by Crippen LogP contribution is 2.45. The molecule has 558 valence electrons. The summed E-state index contributed by atoms with van der Waals surface area (Å²) in [5, 5.41) is 10.6. The lowest BCUT2D eigenvalue weighted by Crippen LogP contribution is -2.30. The highest BCUT2D eigenvalue weighted by molar-refractivity contribution is 7.47. The van der Waals surface area contributed by atoms with Crippen LogP contribution >= 0.6 is 15.6 Å². The molecule has 0 aliphatic heterocycles. The van der Waals surface area contributed by atoms with Crippen LogP contribution in [-0.4, -0.2) is 96.7 Å². The molecule has 0 aliphatic carbocycles. The second-order valence-corrected chi connectivity index (χ2v) is 27.0. The van der Waals surface area contributed by atoms with Crippen LogP contribution in [0.3, 0.4) is 0 Å². The molecule has 0 amide bonds. The van der Waals surface area contributed by atoms with Gasteiger partial charge in [0.15, 0.2) is 12.2 Å². The Labute approximate surface area is 592 Å². The van der Waals surface area contributed by atoms with Crippen molar-refractivity contribution in [2.75, 3.05) is 39.6 Å². The van der Waals surface area contributed by atoms with E-state index in [1.165, 1.54) is 0 Å². The first-order valence-corrected chi connectivity index (χ1v) is 40.1. The van der Waals surface area contributed by atoms with Crippen molar-refractivity contribution in [1.82, 2.24) is 0 Å². The Morgan fingerprint density at radius 2 is 0.571 bits per heavy atom. The number of carbonyl (C=O) groups excluding carboxylic acids is 4. The molecule has 0 saturated carbocycles. The minimum Gasteiger partial charge on any atom is -0.462 e. The minimum absolute atomic E-state index is 0.0549. The second-order valence-electron chi connectivity index (χ2n) is 24.1. The van der Waals surface area contributed by atoms with Gasteiger partial charge in [-0.2, -0.15) is 0 Å². The number of allylic oxidation sites excluding steroid dienone is 23. The molecule has 5 unspecified atom stereocenters. The molecule has 0 aliphatic rings. The minimum atomic E-state index is -5.00. The van der Waals surface area contributed by atoms with Gasteiger partial charge in [0.2, 0.25) is 0 Å². The van der Waals surface area contributed by atoms with E-state index in [1.807, 2.05) is 18.2 Å². The van der Waals surface area contributed by atoms with Crippen molar-refractivity contribution >= 4 is 39.5 Å². The number of carbonyl (C=O) groups is 4. The van der Waals surface area contributed by atoms with Crippen molar-refractivity contribution in [2.24, 2.45) is 0 Å². The van der Waals surface area contributed by atoms with Gasteiger partial charge in [-0.25, -0.2) is 9.13 Å². The smallest absolute Gasteiger partial charge is 0.462 e. The largest absolute Gasteiger partial charge is 0.472 e. The molecule has 0 radical (unpaired) electrons. The van der Waals surface area contributed by atoms with Crippen LogP contribution in [0.2, 0.25) is 0 Å². The highest BCUT2D eigenvalue weighted by Gasteiger charge is 2.30. The summed E-state index contributed by atoms with van der Waals surface area (Å²) in [6.45, 7) is 4.33. The lowest BCUT2D eigenvalue weighted by Gasteiger charge is -2.21. The molecule has 0 rings (SSSR count). The van der Waals surface area contributed by atoms with Crippen LogP contribution in [0.4, 0.5) is 0 Å². The van der Waals surface area contributed by atoms with E-state index < -0.39 is 97.5 Å². The Morgan fingerprint density at radius 1 is 0.306 bits per heavy atom. The number of phosphoric acid groups is 2. The summed E-state index contributed by atoms with van der Waals surface area (Å²) in [5.74, 6) is -2.37. The third-order valence-corrected chi connectivity index (χ3v) is 16.7. The third kappa shape index (κ3) is 69.4. The van der Waals surface area contributed by atoms with E-state index in [1.54, 1.807) is 6.08 Å². The molecule has 0 saturated heterocycles. The third-order valence-electron chi connectivity index (χ3n) is 14.8. The van der Waals surface area contributed by atoms with Gasteiger partial charge in [0.1, 0.15) is 19.3 Å². The summed E-state index contributed by atoms with van der Waals surface area (Å²) >= 11 is 0. The molecule has 19 heteroatoms. The molecule has 5 atom stereocenters. The number of hydrogen-bond acceptors (Lipinski definition) is 15. The Balaban J connectivity index is 5.43. The van der Waals surface area contributed by atoms with Crippen LogP contribution in [-0.2, 0) is 65.4 Å². The van der Waals surface area contributed by atoms with Gasteiger partial charge in [-0.1, -0.05) is 257 Å². The van der Waals surface area contributed by atoms with E-state index in [0.29, 0.717) is 25.7 Å². The molecular weight excluding hydrogens is 1280 g/mol. The normalized spacial score (nSPS) is 14.8.